The molecular formula is C47H71F5O5S. The summed E-state index contributed by atoms with van der Waals surface area (Å²) in [5.41, 5.74) is 2.61. The highest BCUT2D eigenvalue weighted by molar-refractivity contribution is 7.91. The molecule has 0 aromatic heterocycles. The standard InChI is InChI=1S/C47H71F5O5S/c1-4-6-7-8-9-12-15-18-23-43(54)57-41-27-26-40-44-35(22-17-14-11-10-13-16-19-31-58(55)32-20-29-46(48,49)47(50,51)52)33-36-34-37(56-42(53)21-5-2)24-25-38(36)39(44)28-30-45(40,41)3/h18,23-25,34-35,39-41,44H,4-17,19-22,26-33H2,1-3H3/b23-18+. The molecule has 3 aliphatic rings. The summed E-state index contributed by atoms with van der Waals surface area (Å²) in [6.07, 6.45) is 18.6. The molecule has 0 amide bonds. The maximum Gasteiger partial charge on any atom is 0.453 e. The van der Waals surface area contributed by atoms with Crippen molar-refractivity contribution in [1.82, 2.24) is 0 Å². The van der Waals surface area contributed by atoms with Crippen LogP contribution in [0, 0.1) is 23.2 Å². The molecule has 0 N–H and O–H groups in total. The molecule has 0 radical (unpaired) electrons. The van der Waals surface area contributed by atoms with Gasteiger partial charge in [-0.3, -0.25) is 4.79 Å². The molecule has 4 rings (SSSR count). The summed E-state index contributed by atoms with van der Waals surface area (Å²) in [5, 5.41) is 0. The third-order valence-electron chi connectivity index (χ3n) is 13.4. The van der Waals surface area contributed by atoms with Gasteiger partial charge in [0.1, 0.15) is 23.4 Å². The van der Waals surface area contributed by atoms with E-state index in [0.29, 0.717) is 48.0 Å². The van der Waals surface area contributed by atoms with E-state index in [4.69, 9.17) is 9.47 Å². The van der Waals surface area contributed by atoms with Gasteiger partial charge in [-0.25, -0.2) is 4.79 Å². The van der Waals surface area contributed by atoms with Gasteiger partial charge in [-0.1, -0.05) is 108 Å². The number of rotatable bonds is 26. The molecule has 58 heavy (non-hydrogen) atoms. The first-order chi connectivity index (χ1) is 27.7. The average molecular weight is 843 g/mol. The minimum absolute atomic E-state index is 0.0624. The Hall–Kier alpha value is -2.14. The first kappa shape index (κ1) is 48.5. The molecule has 11 heteroatoms. The summed E-state index contributed by atoms with van der Waals surface area (Å²) < 4.78 is 87.4. The number of benzene rings is 1. The summed E-state index contributed by atoms with van der Waals surface area (Å²) in [6, 6.07) is 6.26. The summed E-state index contributed by atoms with van der Waals surface area (Å²) in [7, 11) is 0. The summed E-state index contributed by atoms with van der Waals surface area (Å²) >= 11 is -1.39. The van der Waals surface area contributed by atoms with E-state index in [1.165, 1.54) is 43.2 Å². The molecule has 3 aliphatic carbocycles. The number of hydrogen-bond donors (Lipinski definition) is 0. The van der Waals surface area contributed by atoms with Gasteiger partial charge in [0.2, 0.25) is 0 Å². The zero-order valence-corrected chi connectivity index (χ0v) is 36.3. The van der Waals surface area contributed by atoms with Crippen molar-refractivity contribution < 1.29 is 45.6 Å². The highest BCUT2D eigenvalue weighted by Crippen LogP contribution is 2.63. The van der Waals surface area contributed by atoms with E-state index in [9.17, 15) is 36.1 Å². The van der Waals surface area contributed by atoms with Crippen LogP contribution in [0.25, 0.3) is 0 Å². The van der Waals surface area contributed by atoms with Gasteiger partial charge in [-0.05, 0) is 124 Å². The number of carbonyl (C=O) groups is 2. The number of halogens is 5. The molecule has 1 aromatic rings. The van der Waals surface area contributed by atoms with E-state index >= 15 is 0 Å². The van der Waals surface area contributed by atoms with E-state index in [1.807, 2.05) is 19.1 Å². The van der Waals surface area contributed by atoms with E-state index in [-0.39, 0.29) is 29.2 Å². The highest BCUT2D eigenvalue weighted by Gasteiger charge is 2.58. The van der Waals surface area contributed by atoms with Gasteiger partial charge in [-0.15, -0.1) is 0 Å². The zero-order chi connectivity index (χ0) is 42.2. The molecule has 0 heterocycles. The summed E-state index contributed by atoms with van der Waals surface area (Å²) in [6.45, 7) is 6.55. The Labute approximate surface area is 348 Å². The van der Waals surface area contributed by atoms with Crippen molar-refractivity contribution in [2.75, 3.05) is 11.5 Å². The van der Waals surface area contributed by atoms with Crippen LogP contribution < -0.4 is 4.74 Å². The molecular weight excluding hydrogens is 772 g/mol. The molecule has 1 aromatic carbocycles. The van der Waals surface area contributed by atoms with Gasteiger partial charge in [0.25, 0.3) is 0 Å². The Kier molecular flexibility index (Phi) is 19.9. The number of alkyl halides is 5. The number of esters is 2. The van der Waals surface area contributed by atoms with Gasteiger partial charge in [0.05, 0.1) is 0 Å². The third-order valence-corrected chi connectivity index (χ3v) is 14.9. The number of ether oxygens (including phenoxy) is 2. The molecule has 2 saturated carbocycles. The molecule has 330 valence electrons. The van der Waals surface area contributed by atoms with Crippen LogP contribution in [-0.4, -0.2) is 46.2 Å². The monoisotopic (exact) mass is 842 g/mol. The molecule has 5 nitrogen and oxygen atoms in total. The fourth-order valence-corrected chi connectivity index (χ4v) is 11.5. The minimum Gasteiger partial charge on any atom is -0.616 e. The van der Waals surface area contributed by atoms with Crippen LogP contribution in [0.5, 0.6) is 5.75 Å². The lowest BCUT2D eigenvalue weighted by molar-refractivity contribution is -0.284. The third kappa shape index (κ3) is 14.2. The number of carbonyl (C=O) groups excluding carboxylic acids is 2. The van der Waals surface area contributed by atoms with Crippen LogP contribution >= 0.6 is 0 Å². The minimum atomic E-state index is -5.56. The van der Waals surface area contributed by atoms with Crippen molar-refractivity contribution in [3.05, 3.63) is 41.5 Å². The predicted octanol–water partition coefficient (Wildman–Crippen LogP) is 13.5. The Morgan fingerprint density at radius 3 is 2.24 bits per heavy atom. The Balaban J connectivity index is 1.28. The van der Waals surface area contributed by atoms with Gasteiger partial charge in [-0.2, -0.15) is 22.0 Å². The second kappa shape index (κ2) is 23.7. The molecule has 0 aliphatic heterocycles. The number of fused-ring (bicyclic) bond motifs is 5. The first-order valence-electron chi connectivity index (χ1n) is 22.7. The van der Waals surface area contributed by atoms with E-state index in [2.05, 4.69) is 26.0 Å². The number of unbranched alkanes of at least 4 members (excludes halogenated alkanes) is 12. The fourth-order valence-electron chi connectivity index (χ4n) is 10.3. The summed E-state index contributed by atoms with van der Waals surface area (Å²) in [5.74, 6) is -2.47. The molecule has 7 unspecified atom stereocenters. The molecule has 2 fully saturated rings. The largest absolute Gasteiger partial charge is 0.616 e. The Bertz CT molecular complexity index is 1430. The lowest BCUT2D eigenvalue weighted by atomic mass is 9.52. The van der Waals surface area contributed by atoms with Gasteiger partial charge < -0.3 is 14.0 Å². The maximum atomic E-state index is 13.1. The summed E-state index contributed by atoms with van der Waals surface area (Å²) in [4.78, 5) is 25.4. The van der Waals surface area contributed by atoms with Crippen molar-refractivity contribution in [2.45, 2.75) is 199 Å². The molecule has 7 atom stereocenters. The normalized spacial score (nSPS) is 24.9. The lowest BCUT2D eigenvalue weighted by Gasteiger charge is -2.53. The quantitative estimate of drug-likeness (QED) is 0.0232. The highest BCUT2D eigenvalue weighted by atomic mass is 32.2. The smallest absolute Gasteiger partial charge is 0.453 e. The Morgan fingerprint density at radius 2 is 1.53 bits per heavy atom. The molecule has 0 spiro atoms. The second-order valence-electron chi connectivity index (χ2n) is 17.8. The van der Waals surface area contributed by atoms with Crippen molar-refractivity contribution in [3.63, 3.8) is 0 Å². The van der Waals surface area contributed by atoms with Crippen LogP contribution in [-0.2, 0) is 31.9 Å². The first-order valence-corrected chi connectivity index (χ1v) is 24.2. The van der Waals surface area contributed by atoms with Crippen LogP contribution in [0.4, 0.5) is 22.0 Å². The van der Waals surface area contributed by atoms with Crippen molar-refractivity contribution in [3.8, 4) is 5.75 Å². The topological polar surface area (TPSA) is 75.7 Å². The Morgan fingerprint density at radius 1 is 0.862 bits per heavy atom. The van der Waals surface area contributed by atoms with Crippen molar-refractivity contribution in [1.29, 1.82) is 0 Å². The average Bonchev–Trinajstić information content (AvgIpc) is 3.49. The second-order valence-corrected chi connectivity index (χ2v) is 19.5. The molecule has 0 bridgehead atoms. The number of hydrogen-bond acceptors (Lipinski definition) is 5. The molecule has 0 saturated heterocycles. The van der Waals surface area contributed by atoms with Gasteiger partial charge in [0.15, 0.2) is 0 Å². The van der Waals surface area contributed by atoms with Crippen LogP contribution in [0.2, 0.25) is 0 Å². The van der Waals surface area contributed by atoms with Crippen LogP contribution in [0.1, 0.15) is 185 Å². The van der Waals surface area contributed by atoms with E-state index in [0.717, 1.165) is 96.3 Å². The van der Waals surface area contributed by atoms with Crippen molar-refractivity contribution in [2.24, 2.45) is 23.2 Å². The van der Waals surface area contributed by atoms with Crippen molar-refractivity contribution >= 4 is 23.1 Å². The fraction of sp³-hybridized carbons (Fsp3) is 0.787. The lowest BCUT2D eigenvalue weighted by Crippen LogP contribution is -2.48. The van der Waals surface area contributed by atoms with Gasteiger partial charge in [0, 0.05) is 24.3 Å². The maximum absolute atomic E-state index is 13.1. The van der Waals surface area contributed by atoms with Gasteiger partial charge >= 0.3 is 24.0 Å². The SMILES string of the molecule is CCCCCCCC/C=C/C(=O)OC1CCC2C3C(CCCCCCCCC[S+]([O-])CCCC(F)(F)C(F)(F)F)Cc4cc(OC(=O)CCC)ccc4C3CCC12C. The van der Waals surface area contributed by atoms with Crippen LogP contribution in [0.3, 0.4) is 0 Å². The van der Waals surface area contributed by atoms with Crippen LogP contribution in [0.15, 0.2) is 30.4 Å². The van der Waals surface area contributed by atoms with E-state index < -0.39 is 36.1 Å². The van der Waals surface area contributed by atoms with E-state index in [1.54, 1.807) is 6.08 Å². The zero-order valence-electron chi connectivity index (χ0n) is 35.5. The number of allylic oxidation sites excluding steroid dienone is 1. The predicted molar refractivity (Wildman–Crippen MR) is 223 cm³/mol.